The molecule has 0 spiro atoms. The molecule has 1 rings (SSSR count). The molecule has 3 N–H and O–H groups in total. The molecule has 0 heterocycles. The number of methoxy groups -OCH3 is 2. The lowest BCUT2D eigenvalue weighted by Crippen LogP contribution is -2.20. The molecule has 0 radical (unpaired) electrons. The molecule has 0 amide bonds. The smallest absolute Gasteiger partial charge is 0.354 e. The van der Waals surface area contributed by atoms with Gasteiger partial charge in [0.15, 0.2) is 0 Å². The number of nitrogens with one attached hydrogen (secondary N) is 1. The molecule has 0 fully saturated rings. The highest BCUT2D eigenvalue weighted by molar-refractivity contribution is 5.98. The Morgan fingerprint density at radius 1 is 1.08 bits per heavy atom. The molecular formula is C17H19NO8. The largest absolute Gasteiger partial charge is 0.481 e. The average molecular weight is 365 g/mol. The number of hydrogen-bond acceptors (Lipinski definition) is 7. The van der Waals surface area contributed by atoms with Gasteiger partial charge in [-0.15, -0.1) is 0 Å². The van der Waals surface area contributed by atoms with Crippen molar-refractivity contribution in [2.75, 3.05) is 19.5 Å². The first-order valence-corrected chi connectivity index (χ1v) is 7.45. The highest BCUT2D eigenvalue weighted by Gasteiger charge is 2.21. The number of carboxylic acids is 2. The van der Waals surface area contributed by atoms with Crippen LogP contribution >= 0.6 is 0 Å². The fourth-order valence-electron chi connectivity index (χ4n) is 2.05. The van der Waals surface area contributed by atoms with E-state index in [0.717, 1.165) is 13.2 Å². The van der Waals surface area contributed by atoms with E-state index >= 15 is 0 Å². The minimum atomic E-state index is -1.19. The van der Waals surface area contributed by atoms with E-state index in [0.29, 0.717) is 11.3 Å². The number of benzene rings is 1. The van der Waals surface area contributed by atoms with Crippen LogP contribution in [0.15, 0.2) is 36.0 Å². The lowest BCUT2D eigenvalue weighted by molar-refractivity contribution is -0.148. The Morgan fingerprint density at radius 3 is 2.15 bits per heavy atom. The van der Waals surface area contributed by atoms with E-state index in [1.807, 2.05) is 0 Å². The van der Waals surface area contributed by atoms with E-state index < -0.39 is 36.2 Å². The number of esters is 2. The average Bonchev–Trinajstić information content (AvgIpc) is 2.60. The summed E-state index contributed by atoms with van der Waals surface area (Å²) in [4.78, 5) is 44.8. The normalized spacial score (nSPS) is 12.0. The fraction of sp³-hybridized carbons (Fsp3) is 0.294. The Kier molecular flexibility index (Phi) is 7.81. The molecule has 0 aliphatic carbocycles. The second-order valence-electron chi connectivity index (χ2n) is 5.23. The summed E-state index contributed by atoms with van der Waals surface area (Å²) in [6.07, 6.45) is 0.501. The van der Waals surface area contributed by atoms with Gasteiger partial charge in [-0.25, -0.2) is 9.59 Å². The maximum atomic E-state index is 11.7. The number of ether oxygens (including phenoxy) is 2. The molecule has 9 nitrogen and oxygen atoms in total. The van der Waals surface area contributed by atoms with Gasteiger partial charge in [0.05, 0.1) is 32.6 Å². The number of carbonyl (C=O) groups is 4. The topological polar surface area (TPSA) is 139 Å². The maximum Gasteiger partial charge on any atom is 0.354 e. The summed E-state index contributed by atoms with van der Waals surface area (Å²) >= 11 is 0. The van der Waals surface area contributed by atoms with Gasteiger partial charge in [0, 0.05) is 5.69 Å². The second-order valence-corrected chi connectivity index (χ2v) is 5.23. The number of carboxylic acid groups (broad SMARTS) is 2. The molecule has 1 aromatic rings. The minimum Gasteiger partial charge on any atom is -0.481 e. The van der Waals surface area contributed by atoms with Crippen LogP contribution in [0.2, 0.25) is 0 Å². The standard InChI is InChI=1S/C17H19NO8/c1-25-15(21)9-13(17(24)26-2)18-12-5-3-10(4-6-12)7-11(16(22)23)8-14(19)20/h3-6,9,11,18H,7-8H2,1-2H3,(H,19,20)(H,22,23)/b13-9+. The third kappa shape index (κ3) is 6.63. The van der Waals surface area contributed by atoms with Crippen molar-refractivity contribution in [1.82, 2.24) is 0 Å². The van der Waals surface area contributed by atoms with Gasteiger partial charge in [-0.1, -0.05) is 12.1 Å². The predicted octanol–water partition coefficient (Wildman–Crippen LogP) is 1.05. The van der Waals surface area contributed by atoms with E-state index in [-0.39, 0.29) is 12.1 Å². The van der Waals surface area contributed by atoms with E-state index in [1.54, 1.807) is 24.3 Å². The van der Waals surface area contributed by atoms with Crippen molar-refractivity contribution < 1.29 is 38.9 Å². The van der Waals surface area contributed by atoms with Crippen LogP contribution in [0.3, 0.4) is 0 Å². The Bertz CT molecular complexity index is 708. The number of carbonyl (C=O) groups excluding carboxylic acids is 2. The summed E-state index contributed by atoms with van der Waals surface area (Å²) in [7, 11) is 2.32. The molecular weight excluding hydrogens is 346 g/mol. The number of rotatable bonds is 9. The van der Waals surface area contributed by atoms with Crippen LogP contribution in [0.25, 0.3) is 0 Å². The van der Waals surface area contributed by atoms with Crippen molar-refractivity contribution in [2.24, 2.45) is 5.92 Å². The monoisotopic (exact) mass is 365 g/mol. The lowest BCUT2D eigenvalue weighted by Gasteiger charge is -2.12. The Balaban J connectivity index is 2.89. The van der Waals surface area contributed by atoms with Crippen LogP contribution in [0.5, 0.6) is 0 Å². The van der Waals surface area contributed by atoms with Crippen molar-refractivity contribution in [2.45, 2.75) is 12.8 Å². The first kappa shape index (κ1) is 20.7. The molecule has 26 heavy (non-hydrogen) atoms. The van der Waals surface area contributed by atoms with Gasteiger partial charge < -0.3 is 25.0 Å². The molecule has 0 saturated heterocycles. The van der Waals surface area contributed by atoms with Gasteiger partial charge in [0.2, 0.25) is 0 Å². The van der Waals surface area contributed by atoms with Crippen LogP contribution < -0.4 is 5.32 Å². The van der Waals surface area contributed by atoms with E-state index in [1.165, 1.54) is 7.11 Å². The molecule has 0 saturated carbocycles. The number of anilines is 1. The van der Waals surface area contributed by atoms with E-state index in [4.69, 9.17) is 10.2 Å². The van der Waals surface area contributed by atoms with E-state index in [9.17, 15) is 19.2 Å². The van der Waals surface area contributed by atoms with Crippen LogP contribution in [0, 0.1) is 5.92 Å². The van der Waals surface area contributed by atoms with Crippen molar-refractivity contribution >= 4 is 29.6 Å². The van der Waals surface area contributed by atoms with Gasteiger partial charge in [0.1, 0.15) is 5.70 Å². The Labute approximate surface area is 149 Å². The highest BCUT2D eigenvalue weighted by Crippen LogP contribution is 2.17. The summed E-state index contributed by atoms with van der Waals surface area (Å²) < 4.78 is 9.03. The molecule has 1 unspecified atom stereocenters. The first-order chi connectivity index (χ1) is 12.3. The van der Waals surface area contributed by atoms with Crippen LogP contribution in [0.1, 0.15) is 12.0 Å². The van der Waals surface area contributed by atoms with Gasteiger partial charge in [-0.3, -0.25) is 9.59 Å². The maximum absolute atomic E-state index is 11.7. The summed E-state index contributed by atoms with van der Waals surface area (Å²) in [5.74, 6) is -4.94. The number of aliphatic carboxylic acids is 2. The zero-order valence-electron chi connectivity index (χ0n) is 14.2. The number of hydrogen-bond donors (Lipinski definition) is 3. The summed E-state index contributed by atoms with van der Waals surface area (Å²) in [5, 5.41) is 20.5. The minimum absolute atomic E-state index is 0.0454. The SMILES string of the molecule is COC(=O)/C=C(/Nc1ccc(CC(CC(=O)O)C(=O)O)cc1)C(=O)OC. The van der Waals surface area contributed by atoms with Crippen molar-refractivity contribution in [1.29, 1.82) is 0 Å². The first-order valence-electron chi connectivity index (χ1n) is 7.45. The van der Waals surface area contributed by atoms with Crippen LogP contribution in [0.4, 0.5) is 5.69 Å². The molecule has 140 valence electrons. The zero-order chi connectivity index (χ0) is 19.7. The van der Waals surface area contributed by atoms with Gasteiger partial charge in [0.25, 0.3) is 0 Å². The van der Waals surface area contributed by atoms with Gasteiger partial charge in [-0.2, -0.15) is 0 Å². The highest BCUT2D eigenvalue weighted by atomic mass is 16.5. The van der Waals surface area contributed by atoms with Gasteiger partial charge in [-0.05, 0) is 24.1 Å². The van der Waals surface area contributed by atoms with Crippen LogP contribution in [-0.4, -0.2) is 48.3 Å². The zero-order valence-corrected chi connectivity index (χ0v) is 14.2. The third-order valence-corrected chi connectivity index (χ3v) is 3.35. The van der Waals surface area contributed by atoms with E-state index in [2.05, 4.69) is 14.8 Å². The summed E-state index contributed by atoms with van der Waals surface area (Å²) in [5.41, 5.74) is 0.918. The van der Waals surface area contributed by atoms with Crippen molar-refractivity contribution in [3.63, 3.8) is 0 Å². The Hall–Kier alpha value is -3.36. The Morgan fingerprint density at radius 2 is 1.69 bits per heavy atom. The second kappa shape index (κ2) is 9.82. The summed E-state index contributed by atoms with van der Waals surface area (Å²) in [6.45, 7) is 0. The molecule has 1 atom stereocenters. The molecule has 0 aromatic heterocycles. The van der Waals surface area contributed by atoms with Crippen molar-refractivity contribution in [3.8, 4) is 0 Å². The van der Waals surface area contributed by atoms with Gasteiger partial charge >= 0.3 is 23.9 Å². The quantitative estimate of drug-likeness (QED) is 0.432. The predicted molar refractivity (Wildman–Crippen MR) is 89.3 cm³/mol. The van der Waals surface area contributed by atoms with Crippen LogP contribution in [-0.2, 0) is 35.1 Å². The molecule has 9 heteroatoms. The molecule has 1 aromatic carbocycles. The molecule has 0 aliphatic heterocycles. The molecule has 0 aliphatic rings. The molecule has 0 bridgehead atoms. The van der Waals surface area contributed by atoms with Crippen molar-refractivity contribution in [3.05, 3.63) is 41.6 Å². The summed E-state index contributed by atoms with van der Waals surface area (Å²) in [6, 6.07) is 6.30. The third-order valence-electron chi connectivity index (χ3n) is 3.35. The fourth-order valence-corrected chi connectivity index (χ4v) is 2.05. The lowest BCUT2D eigenvalue weighted by atomic mass is 9.96.